The van der Waals surface area contributed by atoms with Crippen LogP contribution in [0.2, 0.25) is 0 Å². The van der Waals surface area contributed by atoms with Crippen molar-refractivity contribution in [3.8, 4) is 11.3 Å². The van der Waals surface area contributed by atoms with Crippen molar-refractivity contribution in [2.75, 3.05) is 13.1 Å². The van der Waals surface area contributed by atoms with Crippen molar-refractivity contribution in [3.05, 3.63) is 66.0 Å². The summed E-state index contributed by atoms with van der Waals surface area (Å²) in [6, 6.07) is 21.4. The Morgan fingerprint density at radius 2 is 1.65 bits per heavy atom. The summed E-state index contributed by atoms with van der Waals surface area (Å²) in [5.74, 6) is 0.942. The third kappa shape index (κ3) is 2.31. The molecule has 4 rings (SSSR count). The number of nitrogens with zero attached hydrogens (tertiary/aromatic N) is 1. The highest BCUT2D eigenvalue weighted by Crippen LogP contribution is 2.31. The van der Waals surface area contributed by atoms with Crippen LogP contribution in [0, 0.1) is 0 Å². The van der Waals surface area contributed by atoms with Crippen LogP contribution in [0.15, 0.2) is 65.1 Å². The zero-order valence-electron chi connectivity index (χ0n) is 13.5. The summed E-state index contributed by atoms with van der Waals surface area (Å²) in [4.78, 5) is 0. The second-order valence-corrected chi connectivity index (χ2v) is 5.84. The second kappa shape index (κ2) is 5.54. The summed E-state index contributed by atoms with van der Waals surface area (Å²) in [5, 5.41) is 4.87. The van der Waals surface area contributed by atoms with Crippen LogP contribution < -0.4 is 9.93 Å². The Morgan fingerprint density at radius 1 is 0.826 bits per heavy atom. The van der Waals surface area contributed by atoms with Crippen LogP contribution in [0.4, 0.5) is 0 Å². The van der Waals surface area contributed by atoms with Crippen LogP contribution >= 0.6 is 0 Å². The number of benzene rings is 3. The number of fused-ring (bicyclic) bond motifs is 4. The lowest BCUT2D eigenvalue weighted by Crippen LogP contribution is -2.29. The van der Waals surface area contributed by atoms with Gasteiger partial charge < -0.3 is 4.42 Å². The Bertz CT molecular complexity index is 1040. The first kappa shape index (κ1) is 14.0. The first-order valence-electron chi connectivity index (χ1n) is 8.23. The monoisotopic (exact) mass is 302 g/mol. The minimum Gasteiger partial charge on any atom is -0.456 e. The van der Waals surface area contributed by atoms with E-state index < -0.39 is 0 Å². The predicted octanol–water partition coefficient (Wildman–Crippen LogP) is 4.50. The molecule has 114 valence electrons. The average Bonchev–Trinajstić information content (AvgIpc) is 2.61. The van der Waals surface area contributed by atoms with Gasteiger partial charge in [0.15, 0.2) is 0 Å². The predicted molar refractivity (Wildman–Crippen MR) is 96.7 cm³/mol. The van der Waals surface area contributed by atoms with E-state index in [0.29, 0.717) is 0 Å². The molecule has 0 aromatic heterocycles. The molecule has 1 aliphatic heterocycles. The molecule has 0 radical (unpaired) electrons. The second-order valence-electron chi connectivity index (χ2n) is 5.84. The van der Waals surface area contributed by atoms with Gasteiger partial charge in [0.25, 0.3) is 0 Å². The van der Waals surface area contributed by atoms with Crippen LogP contribution in [0.5, 0.6) is 0 Å². The molecule has 2 aromatic rings. The van der Waals surface area contributed by atoms with Crippen LogP contribution in [0.3, 0.4) is 0 Å². The molecule has 2 aliphatic rings. The molecule has 2 aromatic carbocycles. The van der Waals surface area contributed by atoms with E-state index in [1.54, 1.807) is 0 Å². The van der Waals surface area contributed by atoms with E-state index in [1.165, 1.54) is 21.5 Å². The van der Waals surface area contributed by atoms with Gasteiger partial charge >= 0.3 is 0 Å². The van der Waals surface area contributed by atoms with E-state index in [-0.39, 0.29) is 0 Å². The van der Waals surface area contributed by atoms with E-state index >= 15 is 0 Å². The molecule has 0 bridgehead atoms. The molecule has 0 N–H and O–H groups in total. The van der Waals surface area contributed by atoms with Crippen LogP contribution in [-0.2, 0) is 0 Å². The Morgan fingerprint density at radius 3 is 2.48 bits per heavy atom. The van der Waals surface area contributed by atoms with E-state index in [0.717, 1.165) is 30.0 Å². The summed E-state index contributed by atoms with van der Waals surface area (Å²) in [7, 11) is 0. The van der Waals surface area contributed by atoms with Crippen molar-refractivity contribution in [2.45, 2.75) is 13.8 Å². The van der Waals surface area contributed by atoms with Crippen LogP contribution in [0.25, 0.3) is 33.1 Å². The van der Waals surface area contributed by atoms with Gasteiger partial charge in [0.05, 0.1) is 6.07 Å². The Balaban J connectivity index is 2.07. The maximum atomic E-state index is 6.21. The molecular weight excluding hydrogens is 282 g/mol. The van der Waals surface area contributed by atoms with Gasteiger partial charge in [-0.25, -0.2) is 4.58 Å². The molecule has 0 saturated heterocycles. The highest BCUT2D eigenvalue weighted by atomic mass is 16.3. The number of hydrogen-bond donors (Lipinski definition) is 0. The molecule has 0 unspecified atom stereocenters. The van der Waals surface area contributed by atoms with E-state index in [2.05, 4.69) is 79.1 Å². The van der Waals surface area contributed by atoms with Crippen molar-refractivity contribution in [2.24, 2.45) is 0 Å². The highest BCUT2D eigenvalue weighted by Gasteiger charge is 2.11. The van der Waals surface area contributed by atoms with Crippen molar-refractivity contribution >= 4 is 21.7 Å². The van der Waals surface area contributed by atoms with E-state index in [9.17, 15) is 0 Å². The molecule has 2 nitrogen and oxygen atoms in total. The largest absolute Gasteiger partial charge is 0.456 e. The van der Waals surface area contributed by atoms with Crippen LogP contribution in [0.1, 0.15) is 13.8 Å². The molecule has 1 heterocycles. The zero-order valence-corrected chi connectivity index (χ0v) is 13.5. The third-order valence-electron chi connectivity index (χ3n) is 4.58. The lowest BCUT2D eigenvalue weighted by molar-refractivity contribution is 0.604. The Kier molecular flexibility index (Phi) is 3.38. The van der Waals surface area contributed by atoms with Gasteiger partial charge in [-0.3, -0.25) is 0 Å². The van der Waals surface area contributed by atoms with E-state index in [1.807, 2.05) is 0 Å². The number of hydrogen-bond acceptors (Lipinski definition) is 1. The van der Waals surface area contributed by atoms with Gasteiger partial charge in [0, 0.05) is 17.0 Å². The van der Waals surface area contributed by atoms with Crippen molar-refractivity contribution in [1.82, 2.24) is 4.58 Å². The molecule has 23 heavy (non-hydrogen) atoms. The fourth-order valence-electron chi connectivity index (χ4n) is 3.30. The van der Waals surface area contributed by atoms with Crippen molar-refractivity contribution < 1.29 is 4.42 Å². The molecule has 0 fully saturated rings. The highest BCUT2D eigenvalue weighted by molar-refractivity contribution is 6.06. The van der Waals surface area contributed by atoms with Crippen LogP contribution in [-0.4, -0.2) is 13.1 Å². The molecule has 0 saturated carbocycles. The first-order chi connectivity index (χ1) is 11.3. The molecule has 0 spiro atoms. The fourth-order valence-corrected chi connectivity index (χ4v) is 3.30. The Labute approximate surface area is 135 Å². The SMILES string of the molecule is CC[N+](CC)=c1ccc2cc3c(ccc4ccccc43)oc-2c1. The van der Waals surface area contributed by atoms with Gasteiger partial charge in [0.1, 0.15) is 24.4 Å². The van der Waals surface area contributed by atoms with Gasteiger partial charge in [-0.15, -0.1) is 0 Å². The molecule has 2 heteroatoms. The Hall–Kier alpha value is -2.61. The average molecular weight is 302 g/mol. The third-order valence-corrected chi connectivity index (χ3v) is 4.58. The van der Waals surface area contributed by atoms with Gasteiger partial charge in [-0.1, -0.05) is 30.3 Å². The minimum atomic E-state index is 0.938. The summed E-state index contributed by atoms with van der Waals surface area (Å²) in [6.07, 6.45) is 0. The standard InChI is InChI=1S/C21H20NO/c1-3-22(4-2)17-11-9-16-13-19-18-8-6-5-7-15(18)10-12-20(19)23-21(16)14-17/h5-14H,3-4H2,1-2H3/q+1. The summed E-state index contributed by atoms with van der Waals surface area (Å²) in [6.45, 7) is 6.36. The molecule has 0 amide bonds. The maximum absolute atomic E-state index is 6.21. The molecule has 1 aliphatic carbocycles. The van der Waals surface area contributed by atoms with Crippen molar-refractivity contribution in [3.63, 3.8) is 0 Å². The molecular formula is C21H20NO+. The summed E-state index contributed by atoms with van der Waals surface area (Å²) < 4.78 is 8.54. The summed E-state index contributed by atoms with van der Waals surface area (Å²) >= 11 is 0. The summed E-state index contributed by atoms with van der Waals surface area (Å²) in [5.41, 5.74) is 2.08. The number of rotatable bonds is 2. The first-order valence-corrected chi connectivity index (χ1v) is 8.23. The van der Waals surface area contributed by atoms with Gasteiger partial charge in [-0.05, 0) is 42.8 Å². The topological polar surface area (TPSA) is 16.1 Å². The lowest BCUT2D eigenvalue weighted by atomic mass is 10.0. The lowest BCUT2D eigenvalue weighted by Gasteiger charge is -2.09. The maximum Gasteiger partial charge on any atom is 0.203 e. The van der Waals surface area contributed by atoms with Crippen molar-refractivity contribution in [1.29, 1.82) is 0 Å². The van der Waals surface area contributed by atoms with Gasteiger partial charge in [-0.2, -0.15) is 0 Å². The molecule has 0 atom stereocenters. The fraction of sp³-hybridized carbons (Fsp3) is 0.190. The van der Waals surface area contributed by atoms with E-state index in [4.69, 9.17) is 4.42 Å². The van der Waals surface area contributed by atoms with Gasteiger partial charge in [0.2, 0.25) is 5.36 Å². The smallest absolute Gasteiger partial charge is 0.203 e. The minimum absolute atomic E-state index is 0.938. The quantitative estimate of drug-likeness (QED) is 0.302. The zero-order chi connectivity index (χ0) is 15.8. The normalized spacial score (nSPS) is 11.4.